The third-order valence-corrected chi connectivity index (χ3v) is 3.28. The predicted molar refractivity (Wildman–Crippen MR) is 77.7 cm³/mol. The monoisotopic (exact) mass is 300 g/mol. The maximum Gasteiger partial charge on any atom is 0.338 e. The van der Waals surface area contributed by atoms with Crippen molar-refractivity contribution in [2.75, 3.05) is 5.32 Å². The van der Waals surface area contributed by atoms with Gasteiger partial charge in [0.1, 0.15) is 6.04 Å². The van der Waals surface area contributed by atoms with E-state index in [1.807, 2.05) is 26.0 Å². The zero-order valence-electron chi connectivity index (χ0n) is 12.5. The number of nitrogens with one attached hydrogen (secondary N) is 1. The Labute approximate surface area is 127 Å². The van der Waals surface area contributed by atoms with E-state index in [2.05, 4.69) is 25.8 Å². The van der Waals surface area contributed by atoms with E-state index in [1.54, 1.807) is 24.0 Å². The van der Waals surface area contributed by atoms with Gasteiger partial charge < -0.3 is 10.1 Å². The highest BCUT2D eigenvalue weighted by atomic mass is 16.5. The van der Waals surface area contributed by atoms with E-state index in [0.29, 0.717) is 17.2 Å². The minimum Gasteiger partial charge on any atom is -0.459 e. The highest BCUT2D eigenvalue weighted by molar-refractivity contribution is 5.92. The molecule has 8 heteroatoms. The summed E-state index contributed by atoms with van der Waals surface area (Å²) in [6.07, 6.45) is 3.16. The summed E-state index contributed by atoms with van der Waals surface area (Å²) in [5.41, 5.74) is 1.95. The van der Waals surface area contributed by atoms with Gasteiger partial charge in [0.15, 0.2) is 0 Å². The van der Waals surface area contributed by atoms with Crippen LogP contribution in [0, 0.1) is 0 Å². The Bertz CT molecular complexity index is 722. The summed E-state index contributed by atoms with van der Waals surface area (Å²) in [6, 6.07) is 3.22. The number of pyridine rings is 1. The fraction of sp³-hybridized carbons (Fsp3) is 0.357. The Morgan fingerprint density at radius 1 is 1.45 bits per heavy atom. The number of carbonyl (C=O) groups excluding carboxylic acids is 1. The van der Waals surface area contributed by atoms with Crippen molar-refractivity contribution in [3.8, 4) is 0 Å². The van der Waals surface area contributed by atoms with Crippen LogP contribution in [-0.4, -0.2) is 37.3 Å². The molecule has 0 spiro atoms. The number of hydrogen-bond acceptors (Lipinski definition) is 7. The fourth-order valence-electron chi connectivity index (χ4n) is 2.40. The van der Waals surface area contributed by atoms with Crippen molar-refractivity contribution in [3.05, 3.63) is 41.4 Å². The summed E-state index contributed by atoms with van der Waals surface area (Å²) in [5, 5.41) is 14.6. The molecule has 0 bridgehead atoms. The standard InChI is InChI=1S/C14H16N6O2/c1-8(2)22-13(21)11-9(3)16-14-17-18-19-20(14)12(11)10-5-4-6-15-7-10/h4-8,12H,1-3H3,(H,16,17,19). The van der Waals surface area contributed by atoms with E-state index in [0.717, 1.165) is 5.56 Å². The van der Waals surface area contributed by atoms with Crippen LogP contribution in [0.15, 0.2) is 35.8 Å². The molecular weight excluding hydrogens is 284 g/mol. The maximum absolute atomic E-state index is 12.5. The van der Waals surface area contributed by atoms with Crippen LogP contribution in [0.25, 0.3) is 0 Å². The molecule has 114 valence electrons. The first-order valence-electron chi connectivity index (χ1n) is 6.94. The van der Waals surface area contributed by atoms with E-state index in [-0.39, 0.29) is 6.10 Å². The molecule has 2 aromatic heterocycles. The minimum absolute atomic E-state index is 0.211. The first-order chi connectivity index (χ1) is 10.6. The highest BCUT2D eigenvalue weighted by Crippen LogP contribution is 2.34. The molecule has 1 atom stereocenters. The second-order valence-electron chi connectivity index (χ2n) is 5.25. The Morgan fingerprint density at radius 3 is 2.95 bits per heavy atom. The number of rotatable bonds is 3. The first-order valence-corrected chi connectivity index (χ1v) is 6.94. The lowest BCUT2D eigenvalue weighted by molar-refractivity contribution is -0.143. The van der Waals surface area contributed by atoms with Gasteiger partial charge in [0.25, 0.3) is 0 Å². The zero-order valence-corrected chi connectivity index (χ0v) is 12.5. The molecule has 1 aliphatic heterocycles. The quantitative estimate of drug-likeness (QED) is 0.854. The summed E-state index contributed by atoms with van der Waals surface area (Å²) in [5.74, 6) is 0.0856. The summed E-state index contributed by atoms with van der Waals surface area (Å²) in [4.78, 5) is 16.6. The summed E-state index contributed by atoms with van der Waals surface area (Å²) in [7, 11) is 0. The van der Waals surface area contributed by atoms with E-state index < -0.39 is 12.0 Å². The van der Waals surface area contributed by atoms with Gasteiger partial charge >= 0.3 is 5.97 Å². The van der Waals surface area contributed by atoms with Crippen LogP contribution >= 0.6 is 0 Å². The Kier molecular flexibility index (Phi) is 3.58. The van der Waals surface area contributed by atoms with E-state index in [9.17, 15) is 4.79 Å². The van der Waals surface area contributed by atoms with Crippen molar-refractivity contribution in [2.45, 2.75) is 32.9 Å². The number of fused-ring (bicyclic) bond motifs is 1. The SMILES string of the molecule is CC1=C(C(=O)OC(C)C)C(c2cccnc2)n2nnnc2N1. The van der Waals surface area contributed by atoms with E-state index in [4.69, 9.17) is 4.74 Å². The number of esters is 1. The van der Waals surface area contributed by atoms with Gasteiger partial charge in [-0.2, -0.15) is 4.68 Å². The number of nitrogens with zero attached hydrogens (tertiary/aromatic N) is 5. The Hall–Kier alpha value is -2.77. The number of hydrogen-bond donors (Lipinski definition) is 1. The van der Waals surface area contributed by atoms with E-state index >= 15 is 0 Å². The topological polar surface area (TPSA) is 94.8 Å². The van der Waals surface area contributed by atoms with Crippen molar-refractivity contribution in [3.63, 3.8) is 0 Å². The molecule has 2 aromatic rings. The smallest absolute Gasteiger partial charge is 0.338 e. The lowest BCUT2D eigenvalue weighted by atomic mass is 9.97. The number of tetrazole rings is 1. The lowest BCUT2D eigenvalue weighted by Crippen LogP contribution is -2.30. The number of aromatic nitrogens is 5. The van der Waals surface area contributed by atoms with Gasteiger partial charge in [0.2, 0.25) is 5.95 Å². The molecule has 3 heterocycles. The number of carbonyl (C=O) groups is 1. The van der Waals surface area contributed by atoms with Crippen LogP contribution in [0.3, 0.4) is 0 Å². The van der Waals surface area contributed by atoms with Crippen molar-refractivity contribution in [1.29, 1.82) is 0 Å². The fourth-order valence-corrected chi connectivity index (χ4v) is 2.40. The van der Waals surface area contributed by atoms with Gasteiger partial charge in [-0.15, -0.1) is 0 Å². The predicted octanol–water partition coefficient (Wildman–Crippen LogP) is 1.31. The summed E-state index contributed by atoms with van der Waals surface area (Å²) in [6.45, 7) is 5.43. The van der Waals surface area contributed by atoms with Crippen molar-refractivity contribution < 1.29 is 9.53 Å². The zero-order chi connectivity index (χ0) is 15.7. The van der Waals surface area contributed by atoms with Crippen LogP contribution in [0.5, 0.6) is 0 Å². The average molecular weight is 300 g/mol. The number of allylic oxidation sites excluding steroid dienone is 1. The molecule has 0 amide bonds. The third-order valence-electron chi connectivity index (χ3n) is 3.28. The van der Waals surface area contributed by atoms with Crippen LogP contribution in [0.2, 0.25) is 0 Å². The molecule has 8 nitrogen and oxygen atoms in total. The molecule has 0 saturated carbocycles. The molecule has 0 saturated heterocycles. The van der Waals surface area contributed by atoms with Crippen molar-refractivity contribution in [2.24, 2.45) is 0 Å². The lowest BCUT2D eigenvalue weighted by Gasteiger charge is -2.27. The third kappa shape index (κ3) is 2.43. The van der Waals surface area contributed by atoms with Gasteiger partial charge in [-0.1, -0.05) is 11.2 Å². The largest absolute Gasteiger partial charge is 0.459 e. The molecule has 0 aromatic carbocycles. The molecule has 0 radical (unpaired) electrons. The molecular formula is C14H16N6O2. The van der Waals surface area contributed by atoms with Gasteiger partial charge in [0.05, 0.1) is 11.7 Å². The van der Waals surface area contributed by atoms with Crippen LogP contribution in [0.1, 0.15) is 32.4 Å². The molecule has 3 rings (SSSR count). The van der Waals surface area contributed by atoms with Gasteiger partial charge in [-0.3, -0.25) is 4.98 Å². The number of ether oxygens (including phenoxy) is 1. The van der Waals surface area contributed by atoms with Crippen LogP contribution < -0.4 is 5.32 Å². The van der Waals surface area contributed by atoms with E-state index in [1.165, 1.54) is 0 Å². The number of anilines is 1. The Balaban J connectivity index is 2.10. The molecule has 22 heavy (non-hydrogen) atoms. The van der Waals surface area contributed by atoms with Gasteiger partial charge in [0, 0.05) is 18.1 Å². The second-order valence-corrected chi connectivity index (χ2v) is 5.25. The van der Waals surface area contributed by atoms with Gasteiger partial charge in [-0.25, -0.2) is 4.79 Å². The molecule has 1 unspecified atom stereocenters. The Morgan fingerprint density at radius 2 is 2.27 bits per heavy atom. The molecule has 1 aliphatic rings. The summed E-state index contributed by atoms with van der Waals surface area (Å²) >= 11 is 0. The second kappa shape index (κ2) is 5.55. The highest BCUT2D eigenvalue weighted by Gasteiger charge is 2.35. The average Bonchev–Trinajstić information content (AvgIpc) is 2.93. The summed E-state index contributed by atoms with van der Waals surface area (Å²) < 4.78 is 6.92. The molecule has 1 N–H and O–H groups in total. The van der Waals surface area contributed by atoms with Crippen molar-refractivity contribution >= 4 is 11.9 Å². The van der Waals surface area contributed by atoms with Gasteiger partial charge in [-0.05, 0) is 42.8 Å². The normalized spacial score (nSPS) is 17.2. The molecule has 0 fully saturated rings. The van der Waals surface area contributed by atoms with Crippen LogP contribution in [0.4, 0.5) is 5.95 Å². The maximum atomic E-state index is 12.5. The van der Waals surface area contributed by atoms with Crippen molar-refractivity contribution in [1.82, 2.24) is 25.2 Å². The minimum atomic E-state index is -0.466. The first kappa shape index (κ1) is 14.2. The van der Waals surface area contributed by atoms with Crippen LogP contribution in [-0.2, 0) is 9.53 Å². The molecule has 0 aliphatic carbocycles.